The van der Waals surface area contributed by atoms with Crippen LogP contribution in [0.4, 0.5) is 0 Å². The summed E-state index contributed by atoms with van der Waals surface area (Å²) in [7, 11) is 0. The quantitative estimate of drug-likeness (QED) is 0.920. The van der Waals surface area contributed by atoms with E-state index in [-0.39, 0.29) is 11.8 Å². The SMILES string of the molecule is Cc1ccc(-c2csc(C3CC3C(=O)O)n2)cc1. The Morgan fingerprint density at radius 1 is 1.39 bits per heavy atom. The fourth-order valence-electron chi connectivity index (χ4n) is 2.06. The van der Waals surface area contributed by atoms with Gasteiger partial charge in [-0.05, 0) is 13.3 Å². The molecule has 1 saturated carbocycles. The Morgan fingerprint density at radius 2 is 2.11 bits per heavy atom. The molecule has 4 heteroatoms. The number of aromatic nitrogens is 1. The van der Waals surface area contributed by atoms with E-state index >= 15 is 0 Å². The van der Waals surface area contributed by atoms with Gasteiger partial charge in [0.05, 0.1) is 16.6 Å². The topological polar surface area (TPSA) is 50.2 Å². The largest absolute Gasteiger partial charge is 0.481 e. The highest BCUT2D eigenvalue weighted by atomic mass is 32.1. The van der Waals surface area contributed by atoms with Crippen molar-refractivity contribution in [2.75, 3.05) is 0 Å². The molecule has 0 radical (unpaired) electrons. The molecule has 2 unspecified atom stereocenters. The van der Waals surface area contributed by atoms with Crippen LogP contribution < -0.4 is 0 Å². The number of rotatable bonds is 3. The van der Waals surface area contributed by atoms with Crippen molar-refractivity contribution in [1.29, 1.82) is 0 Å². The maximum absolute atomic E-state index is 10.8. The summed E-state index contributed by atoms with van der Waals surface area (Å²) in [6.07, 6.45) is 0.732. The van der Waals surface area contributed by atoms with Gasteiger partial charge in [0, 0.05) is 16.9 Å². The minimum atomic E-state index is -0.702. The Hall–Kier alpha value is -1.68. The lowest BCUT2D eigenvalue weighted by molar-refractivity contribution is -0.138. The summed E-state index contributed by atoms with van der Waals surface area (Å²) < 4.78 is 0. The van der Waals surface area contributed by atoms with E-state index in [9.17, 15) is 4.79 Å². The molecule has 0 saturated heterocycles. The van der Waals surface area contributed by atoms with Crippen LogP contribution in [0.1, 0.15) is 22.9 Å². The minimum absolute atomic E-state index is 0.131. The van der Waals surface area contributed by atoms with Crippen molar-refractivity contribution in [2.24, 2.45) is 5.92 Å². The molecule has 0 amide bonds. The molecule has 1 fully saturated rings. The number of aliphatic carboxylic acids is 1. The second-order valence-electron chi connectivity index (χ2n) is 4.72. The number of carboxylic acid groups (broad SMARTS) is 1. The van der Waals surface area contributed by atoms with E-state index < -0.39 is 5.97 Å². The van der Waals surface area contributed by atoms with Crippen molar-refractivity contribution < 1.29 is 9.90 Å². The standard InChI is InChI=1S/C14H13NO2S/c1-8-2-4-9(5-3-8)12-7-18-13(15-12)10-6-11(10)14(16)17/h2-5,7,10-11H,6H2,1H3,(H,16,17). The number of carboxylic acids is 1. The molecule has 0 aliphatic heterocycles. The number of thiazole rings is 1. The molecule has 0 bridgehead atoms. The summed E-state index contributed by atoms with van der Waals surface area (Å²) in [6.45, 7) is 2.05. The average molecular weight is 259 g/mol. The smallest absolute Gasteiger partial charge is 0.307 e. The molecule has 1 aliphatic carbocycles. The summed E-state index contributed by atoms with van der Waals surface area (Å²) in [6, 6.07) is 8.22. The third kappa shape index (κ3) is 2.04. The van der Waals surface area contributed by atoms with Crippen molar-refractivity contribution in [3.63, 3.8) is 0 Å². The number of nitrogens with zero attached hydrogens (tertiary/aromatic N) is 1. The molecule has 1 aromatic heterocycles. The fraction of sp³-hybridized carbons (Fsp3) is 0.286. The predicted octanol–water partition coefficient (Wildman–Crippen LogP) is 3.31. The van der Waals surface area contributed by atoms with Gasteiger partial charge < -0.3 is 5.11 Å². The molecule has 1 aromatic carbocycles. The van der Waals surface area contributed by atoms with Crippen molar-refractivity contribution >= 4 is 17.3 Å². The van der Waals surface area contributed by atoms with Crippen LogP contribution in [0.15, 0.2) is 29.6 Å². The first-order chi connectivity index (χ1) is 8.65. The van der Waals surface area contributed by atoms with Gasteiger partial charge in [-0.15, -0.1) is 11.3 Å². The number of hydrogen-bond acceptors (Lipinski definition) is 3. The van der Waals surface area contributed by atoms with Gasteiger partial charge in [0.15, 0.2) is 0 Å². The lowest BCUT2D eigenvalue weighted by atomic mass is 10.1. The van der Waals surface area contributed by atoms with E-state index in [1.165, 1.54) is 5.56 Å². The molecule has 3 nitrogen and oxygen atoms in total. The molecule has 2 aromatic rings. The van der Waals surface area contributed by atoms with Crippen molar-refractivity contribution in [2.45, 2.75) is 19.3 Å². The zero-order chi connectivity index (χ0) is 12.7. The Morgan fingerprint density at radius 3 is 2.72 bits per heavy atom. The van der Waals surface area contributed by atoms with E-state index in [0.717, 1.165) is 22.7 Å². The van der Waals surface area contributed by atoms with Gasteiger partial charge in [0.2, 0.25) is 0 Å². The molecule has 1 heterocycles. The average Bonchev–Trinajstić information content (AvgIpc) is 3.02. The van der Waals surface area contributed by atoms with Gasteiger partial charge in [-0.1, -0.05) is 29.8 Å². The fourth-order valence-corrected chi connectivity index (χ4v) is 3.06. The summed E-state index contributed by atoms with van der Waals surface area (Å²) in [5.41, 5.74) is 3.27. The Balaban J connectivity index is 1.82. The zero-order valence-corrected chi connectivity index (χ0v) is 10.8. The van der Waals surface area contributed by atoms with E-state index in [1.807, 2.05) is 5.38 Å². The summed E-state index contributed by atoms with van der Waals surface area (Å²) in [4.78, 5) is 15.4. The highest BCUT2D eigenvalue weighted by Gasteiger charge is 2.46. The highest BCUT2D eigenvalue weighted by molar-refractivity contribution is 7.10. The maximum Gasteiger partial charge on any atom is 0.307 e. The van der Waals surface area contributed by atoms with Crippen LogP contribution in [0.2, 0.25) is 0 Å². The van der Waals surface area contributed by atoms with Gasteiger partial charge in [0.1, 0.15) is 0 Å². The molecule has 1 N–H and O–H groups in total. The molecular formula is C14H13NO2S. The molecule has 2 atom stereocenters. The number of aryl methyl sites for hydroxylation is 1. The van der Waals surface area contributed by atoms with Gasteiger partial charge in [0.25, 0.3) is 0 Å². The summed E-state index contributed by atoms with van der Waals surface area (Å²) in [5.74, 6) is -0.791. The lowest BCUT2D eigenvalue weighted by Crippen LogP contribution is -1.98. The van der Waals surface area contributed by atoms with Crippen LogP contribution in [-0.4, -0.2) is 16.1 Å². The van der Waals surface area contributed by atoms with E-state index in [2.05, 4.69) is 36.2 Å². The monoisotopic (exact) mass is 259 g/mol. The van der Waals surface area contributed by atoms with E-state index in [1.54, 1.807) is 11.3 Å². The van der Waals surface area contributed by atoms with E-state index in [0.29, 0.717) is 0 Å². The predicted molar refractivity (Wildman–Crippen MR) is 70.8 cm³/mol. The molecule has 0 spiro atoms. The second kappa shape index (κ2) is 4.21. The third-order valence-corrected chi connectivity index (χ3v) is 4.27. The molecule has 3 rings (SSSR count). The van der Waals surface area contributed by atoms with Crippen LogP contribution in [0, 0.1) is 12.8 Å². The Labute approximate surface area is 109 Å². The number of hydrogen-bond donors (Lipinski definition) is 1. The van der Waals surface area contributed by atoms with Gasteiger partial charge in [-0.2, -0.15) is 0 Å². The second-order valence-corrected chi connectivity index (χ2v) is 5.61. The molecular weight excluding hydrogens is 246 g/mol. The van der Waals surface area contributed by atoms with Gasteiger partial charge in [-0.3, -0.25) is 4.79 Å². The van der Waals surface area contributed by atoms with Crippen LogP contribution in [0.25, 0.3) is 11.3 Å². The number of benzene rings is 1. The minimum Gasteiger partial charge on any atom is -0.481 e. The number of carbonyl (C=O) groups is 1. The van der Waals surface area contributed by atoms with Crippen molar-refractivity contribution in [3.05, 3.63) is 40.2 Å². The van der Waals surface area contributed by atoms with Crippen LogP contribution in [0.3, 0.4) is 0 Å². The first-order valence-electron chi connectivity index (χ1n) is 5.90. The third-order valence-electron chi connectivity index (χ3n) is 3.29. The molecule has 18 heavy (non-hydrogen) atoms. The lowest BCUT2D eigenvalue weighted by Gasteiger charge is -1.97. The molecule has 92 valence electrons. The summed E-state index contributed by atoms with van der Waals surface area (Å²) >= 11 is 1.57. The Bertz CT molecular complexity index is 588. The zero-order valence-electron chi connectivity index (χ0n) is 9.96. The first-order valence-corrected chi connectivity index (χ1v) is 6.78. The van der Waals surface area contributed by atoms with Crippen LogP contribution in [-0.2, 0) is 4.79 Å². The van der Waals surface area contributed by atoms with Crippen molar-refractivity contribution in [1.82, 2.24) is 4.98 Å². The first kappa shape index (κ1) is 11.4. The normalized spacial score (nSPS) is 21.8. The highest BCUT2D eigenvalue weighted by Crippen LogP contribution is 2.49. The van der Waals surface area contributed by atoms with Crippen molar-refractivity contribution in [3.8, 4) is 11.3 Å². The Kier molecular flexibility index (Phi) is 2.67. The maximum atomic E-state index is 10.8. The summed E-state index contributed by atoms with van der Waals surface area (Å²) in [5, 5.41) is 11.9. The van der Waals surface area contributed by atoms with Gasteiger partial charge in [-0.25, -0.2) is 4.98 Å². The van der Waals surface area contributed by atoms with Crippen LogP contribution in [0.5, 0.6) is 0 Å². The van der Waals surface area contributed by atoms with Crippen LogP contribution >= 0.6 is 11.3 Å². The van der Waals surface area contributed by atoms with E-state index in [4.69, 9.17) is 5.11 Å². The molecule has 1 aliphatic rings. The van der Waals surface area contributed by atoms with Gasteiger partial charge >= 0.3 is 5.97 Å².